The molecule has 4 nitrogen and oxygen atoms in total. The van der Waals surface area contributed by atoms with Crippen LogP contribution < -0.4 is 9.47 Å². The summed E-state index contributed by atoms with van der Waals surface area (Å²) in [6, 6.07) is 7.68. The molecule has 0 aromatic heterocycles. The van der Waals surface area contributed by atoms with Crippen LogP contribution in [-0.4, -0.2) is 49.5 Å². The number of ether oxygens (including phenoxy) is 2. The maximum absolute atomic E-state index is 8.81. The highest BCUT2D eigenvalue weighted by Crippen LogP contribution is 2.30. The lowest BCUT2D eigenvalue weighted by Gasteiger charge is -2.29. The average molecular weight is 223 g/mol. The number of hydrogen-bond donors (Lipinski definition) is 1. The molecule has 1 N–H and O–H groups in total. The first-order valence-corrected chi connectivity index (χ1v) is 5.47. The summed E-state index contributed by atoms with van der Waals surface area (Å²) in [4.78, 5) is 2.03. The summed E-state index contributed by atoms with van der Waals surface area (Å²) in [5.74, 6) is 1.61. The number of aliphatic hydroxyl groups excluding tert-OH is 1. The Labute approximate surface area is 95.4 Å². The van der Waals surface area contributed by atoms with Crippen LogP contribution in [0.25, 0.3) is 0 Å². The van der Waals surface area contributed by atoms with Crippen molar-refractivity contribution in [1.82, 2.24) is 4.90 Å². The van der Waals surface area contributed by atoms with Crippen molar-refractivity contribution in [3.8, 4) is 11.5 Å². The number of para-hydroxylation sites is 2. The Bertz CT molecular complexity index is 343. The van der Waals surface area contributed by atoms with Gasteiger partial charge in [0.25, 0.3) is 0 Å². The fourth-order valence-electron chi connectivity index (χ4n) is 1.76. The van der Waals surface area contributed by atoms with Crippen LogP contribution in [0.4, 0.5) is 0 Å². The molecule has 0 spiro atoms. The lowest BCUT2D eigenvalue weighted by Crippen LogP contribution is -2.40. The minimum absolute atomic E-state index is 0.0337. The summed E-state index contributed by atoms with van der Waals surface area (Å²) in [7, 11) is 1.96. The smallest absolute Gasteiger partial charge is 0.161 e. The van der Waals surface area contributed by atoms with E-state index >= 15 is 0 Å². The van der Waals surface area contributed by atoms with Gasteiger partial charge in [0.15, 0.2) is 11.5 Å². The van der Waals surface area contributed by atoms with E-state index in [1.807, 2.05) is 36.2 Å². The second kappa shape index (κ2) is 5.18. The highest BCUT2D eigenvalue weighted by molar-refractivity contribution is 5.40. The van der Waals surface area contributed by atoms with Gasteiger partial charge in [-0.05, 0) is 19.2 Å². The van der Waals surface area contributed by atoms with Gasteiger partial charge in [0.1, 0.15) is 12.7 Å². The van der Waals surface area contributed by atoms with Gasteiger partial charge in [0, 0.05) is 13.1 Å². The molecule has 1 aromatic rings. The highest BCUT2D eigenvalue weighted by atomic mass is 16.6. The Morgan fingerprint density at radius 3 is 2.88 bits per heavy atom. The molecule has 2 rings (SSSR count). The van der Waals surface area contributed by atoms with E-state index in [4.69, 9.17) is 14.6 Å². The Morgan fingerprint density at radius 1 is 1.38 bits per heavy atom. The highest BCUT2D eigenvalue weighted by Gasteiger charge is 2.21. The number of hydrogen-bond acceptors (Lipinski definition) is 4. The summed E-state index contributed by atoms with van der Waals surface area (Å²) < 4.78 is 11.4. The van der Waals surface area contributed by atoms with E-state index in [9.17, 15) is 0 Å². The lowest BCUT2D eigenvalue weighted by molar-refractivity contribution is 0.0613. The molecule has 88 valence electrons. The van der Waals surface area contributed by atoms with E-state index in [0.29, 0.717) is 13.2 Å². The van der Waals surface area contributed by atoms with E-state index in [1.54, 1.807) is 0 Å². The van der Waals surface area contributed by atoms with Crippen molar-refractivity contribution >= 4 is 0 Å². The van der Waals surface area contributed by atoms with Gasteiger partial charge in [-0.1, -0.05) is 12.1 Å². The van der Waals surface area contributed by atoms with Gasteiger partial charge in [-0.25, -0.2) is 0 Å². The standard InChI is InChI=1S/C12H17NO3/c1-13(6-7-14)8-10-9-15-11-4-2-3-5-12(11)16-10/h2-5,10,14H,6-9H2,1H3. The molecule has 4 heteroatoms. The van der Waals surface area contributed by atoms with Gasteiger partial charge in [0.2, 0.25) is 0 Å². The summed E-state index contributed by atoms with van der Waals surface area (Å²) in [6.45, 7) is 2.14. The molecule has 0 bridgehead atoms. The van der Waals surface area contributed by atoms with Gasteiger partial charge in [-0.3, -0.25) is 0 Å². The van der Waals surface area contributed by atoms with Crippen LogP contribution in [0.15, 0.2) is 24.3 Å². The molecule has 0 fully saturated rings. The number of aliphatic hydroxyl groups is 1. The minimum atomic E-state index is 0.0337. The molecule has 0 aliphatic carbocycles. The van der Waals surface area contributed by atoms with Crippen LogP contribution in [0.1, 0.15) is 0 Å². The van der Waals surface area contributed by atoms with E-state index in [1.165, 1.54) is 0 Å². The van der Waals surface area contributed by atoms with E-state index < -0.39 is 0 Å². The van der Waals surface area contributed by atoms with Crippen LogP contribution >= 0.6 is 0 Å². The van der Waals surface area contributed by atoms with Crippen LogP contribution in [0.5, 0.6) is 11.5 Å². The second-order valence-corrected chi connectivity index (χ2v) is 3.98. The molecule has 0 saturated heterocycles. The quantitative estimate of drug-likeness (QED) is 0.818. The van der Waals surface area contributed by atoms with Crippen molar-refractivity contribution in [3.05, 3.63) is 24.3 Å². The minimum Gasteiger partial charge on any atom is -0.486 e. The van der Waals surface area contributed by atoms with Gasteiger partial charge < -0.3 is 19.5 Å². The maximum atomic E-state index is 8.81. The maximum Gasteiger partial charge on any atom is 0.161 e. The Balaban J connectivity index is 1.92. The van der Waals surface area contributed by atoms with Crippen molar-refractivity contribution in [3.63, 3.8) is 0 Å². The Kier molecular flexibility index (Phi) is 3.64. The average Bonchev–Trinajstić information content (AvgIpc) is 2.29. The molecule has 16 heavy (non-hydrogen) atoms. The molecule has 0 saturated carbocycles. The molecular formula is C12H17NO3. The molecule has 1 heterocycles. The largest absolute Gasteiger partial charge is 0.486 e. The van der Waals surface area contributed by atoms with Crippen molar-refractivity contribution < 1.29 is 14.6 Å². The van der Waals surface area contributed by atoms with Crippen LogP contribution in [-0.2, 0) is 0 Å². The van der Waals surface area contributed by atoms with Gasteiger partial charge in [-0.15, -0.1) is 0 Å². The lowest BCUT2D eigenvalue weighted by atomic mass is 10.2. The fraction of sp³-hybridized carbons (Fsp3) is 0.500. The topological polar surface area (TPSA) is 41.9 Å². The number of benzene rings is 1. The molecule has 1 unspecified atom stereocenters. The van der Waals surface area contributed by atoms with E-state index in [2.05, 4.69) is 0 Å². The molecule has 1 aromatic carbocycles. The Morgan fingerprint density at radius 2 is 2.12 bits per heavy atom. The zero-order valence-electron chi connectivity index (χ0n) is 9.43. The van der Waals surface area contributed by atoms with Crippen molar-refractivity contribution in [2.24, 2.45) is 0 Å². The van der Waals surface area contributed by atoms with E-state index in [0.717, 1.165) is 18.0 Å². The third-order valence-corrected chi connectivity index (χ3v) is 2.56. The van der Waals surface area contributed by atoms with E-state index in [-0.39, 0.29) is 12.7 Å². The van der Waals surface area contributed by atoms with Gasteiger partial charge in [0.05, 0.1) is 6.61 Å². The summed E-state index contributed by atoms with van der Waals surface area (Å²) in [5.41, 5.74) is 0. The number of rotatable bonds is 4. The number of nitrogens with zero attached hydrogens (tertiary/aromatic N) is 1. The van der Waals surface area contributed by atoms with Crippen LogP contribution in [0.2, 0.25) is 0 Å². The molecule has 1 atom stereocenters. The first kappa shape index (κ1) is 11.2. The molecule has 0 radical (unpaired) electrons. The SMILES string of the molecule is CN(CCO)CC1COc2ccccc2O1. The fourth-order valence-corrected chi connectivity index (χ4v) is 1.76. The summed E-state index contributed by atoms with van der Waals surface area (Å²) in [6.07, 6.45) is 0.0337. The molecule has 1 aliphatic rings. The third kappa shape index (κ3) is 2.65. The summed E-state index contributed by atoms with van der Waals surface area (Å²) >= 11 is 0. The number of likely N-dealkylation sites (N-methyl/N-ethyl adjacent to an activating group) is 1. The van der Waals surface area contributed by atoms with Gasteiger partial charge >= 0.3 is 0 Å². The second-order valence-electron chi connectivity index (χ2n) is 3.98. The summed E-state index contributed by atoms with van der Waals surface area (Å²) in [5, 5.41) is 8.81. The number of fused-ring (bicyclic) bond motifs is 1. The van der Waals surface area contributed by atoms with Crippen molar-refractivity contribution in [2.75, 3.05) is 33.4 Å². The van der Waals surface area contributed by atoms with Gasteiger partial charge in [-0.2, -0.15) is 0 Å². The molecular weight excluding hydrogens is 206 g/mol. The zero-order valence-corrected chi connectivity index (χ0v) is 9.43. The monoisotopic (exact) mass is 223 g/mol. The Hall–Kier alpha value is -1.26. The normalized spacial score (nSPS) is 18.8. The van der Waals surface area contributed by atoms with Crippen LogP contribution in [0.3, 0.4) is 0 Å². The van der Waals surface area contributed by atoms with Crippen molar-refractivity contribution in [2.45, 2.75) is 6.10 Å². The van der Waals surface area contributed by atoms with Crippen molar-refractivity contribution in [1.29, 1.82) is 0 Å². The first-order valence-electron chi connectivity index (χ1n) is 5.47. The van der Waals surface area contributed by atoms with Crippen LogP contribution in [0, 0.1) is 0 Å². The first-order chi connectivity index (χ1) is 7.79. The molecule has 0 amide bonds. The third-order valence-electron chi connectivity index (χ3n) is 2.56. The predicted octanol–water partition coefficient (Wildman–Crippen LogP) is 0.750. The zero-order chi connectivity index (χ0) is 11.4. The predicted molar refractivity (Wildman–Crippen MR) is 60.9 cm³/mol. The molecule has 1 aliphatic heterocycles.